The number of hydrogen-bond acceptors (Lipinski definition) is 1. The minimum atomic E-state index is -0.515. The van der Waals surface area contributed by atoms with Gasteiger partial charge in [-0.2, -0.15) is 0 Å². The Balaban J connectivity index is 2.44. The highest BCUT2D eigenvalue weighted by Gasteiger charge is 1.96. The summed E-state index contributed by atoms with van der Waals surface area (Å²) in [6, 6.07) is 10.0. The second-order valence-electron chi connectivity index (χ2n) is 3.39. The first-order valence-electron chi connectivity index (χ1n) is 4.72. The molecule has 2 aromatic carbocycles. The fourth-order valence-electron chi connectivity index (χ4n) is 1.50. The second kappa shape index (κ2) is 4.45. The Morgan fingerprint density at radius 2 is 1.81 bits per heavy atom. The molecule has 0 unspecified atom stereocenters. The third-order valence-electron chi connectivity index (χ3n) is 2.23. The van der Waals surface area contributed by atoms with Crippen molar-refractivity contribution in [3.8, 4) is 0 Å². The van der Waals surface area contributed by atoms with E-state index in [0.717, 1.165) is 16.3 Å². The SMILES string of the molecule is O=C(Cl)C=Cc1ccc2cc(F)ccc2c1. The van der Waals surface area contributed by atoms with Gasteiger partial charge >= 0.3 is 0 Å². The van der Waals surface area contributed by atoms with Crippen LogP contribution in [0.25, 0.3) is 16.8 Å². The molecule has 0 aromatic heterocycles. The number of hydrogen-bond donors (Lipinski definition) is 0. The molecular formula is C13H8ClFO. The molecule has 80 valence electrons. The predicted octanol–water partition coefficient (Wildman–Crippen LogP) is 3.76. The maximum Gasteiger partial charge on any atom is 0.245 e. The molecule has 0 amide bonds. The molecule has 0 atom stereocenters. The summed E-state index contributed by atoms with van der Waals surface area (Å²) in [5.74, 6) is -0.258. The average Bonchev–Trinajstić information content (AvgIpc) is 2.26. The lowest BCUT2D eigenvalue weighted by Gasteiger charge is -1.99. The number of allylic oxidation sites excluding steroid dienone is 1. The molecule has 0 heterocycles. The smallest absolute Gasteiger partial charge is 0.245 e. The van der Waals surface area contributed by atoms with Gasteiger partial charge in [0.2, 0.25) is 5.24 Å². The highest BCUT2D eigenvalue weighted by Crippen LogP contribution is 2.18. The van der Waals surface area contributed by atoms with Gasteiger partial charge in [0, 0.05) is 0 Å². The van der Waals surface area contributed by atoms with Gasteiger partial charge in [-0.15, -0.1) is 0 Å². The lowest BCUT2D eigenvalue weighted by Crippen LogP contribution is -1.79. The predicted molar refractivity (Wildman–Crippen MR) is 63.8 cm³/mol. The van der Waals surface area contributed by atoms with Gasteiger partial charge in [-0.05, 0) is 52.2 Å². The normalized spacial score (nSPS) is 11.1. The van der Waals surface area contributed by atoms with E-state index < -0.39 is 5.24 Å². The van der Waals surface area contributed by atoms with E-state index in [-0.39, 0.29) is 5.82 Å². The van der Waals surface area contributed by atoms with Gasteiger partial charge in [-0.3, -0.25) is 4.79 Å². The zero-order valence-corrected chi connectivity index (χ0v) is 9.04. The summed E-state index contributed by atoms with van der Waals surface area (Å²) in [6.07, 6.45) is 2.91. The van der Waals surface area contributed by atoms with Crippen molar-refractivity contribution in [2.75, 3.05) is 0 Å². The van der Waals surface area contributed by atoms with Crippen LogP contribution in [0.4, 0.5) is 4.39 Å². The fraction of sp³-hybridized carbons (Fsp3) is 0. The monoisotopic (exact) mass is 234 g/mol. The van der Waals surface area contributed by atoms with Crippen molar-refractivity contribution >= 4 is 33.7 Å². The van der Waals surface area contributed by atoms with E-state index in [2.05, 4.69) is 0 Å². The summed E-state index contributed by atoms with van der Waals surface area (Å²) in [6.45, 7) is 0. The van der Waals surface area contributed by atoms with Gasteiger partial charge in [0.25, 0.3) is 0 Å². The summed E-state index contributed by atoms with van der Waals surface area (Å²) < 4.78 is 12.9. The molecule has 0 N–H and O–H groups in total. The highest BCUT2D eigenvalue weighted by molar-refractivity contribution is 6.66. The zero-order chi connectivity index (χ0) is 11.5. The molecule has 0 aliphatic rings. The summed E-state index contributed by atoms with van der Waals surface area (Å²) in [5.41, 5.74) is 0.855. The Kier molecular flexibility index (Phi) is 3.02. The molecule has 16 heavy (non-hydrogen) atoms. The quantitative estimate of drug-likeness (QED) is 0.571. The van der Waals surface area contributed by atoms with Crippen LogP contribution in [-0.4, -0.2) is 5.24 Å². The average molecular weight is 235 g/mol. The number of fused-ring (bicyclic) bond motifs is 1. The van der Waals surface area contributed by atoms with Crippen LogP contribution in [-0.2, 0) is 4.79 Å². The summed E-state index contributed by atoms with van der Waals surface area (Å²) in [7, 11) is 0. The van der Waals surface area contributed by atoms with E-state index in [4.69, 9.17) is 11.6 Å². The molecule has 0 saturated carbocycles. The first kappa shape index (κ1) is 10.8. The molecule has 3 heteroatoms. The lowest BCUT2D eigenvalue weighted by atomic mass is 10.1. The van der Waals surface area contributed by atoms with Crippen LogP contribution in [0.2, 0.25) is 0 Å². The molecule has 0 radical (unpaired) electrons. The van der Waals surface area contributed by atoms with E-state index in [0.29, 0.717) is 0 Å². The van der Waals surface area contributed by atoms with Crippen molar-refractivity contribution in [2.45, 2.75) is 0 Å². The summed E-state index contributed by atoms with van der Waals surface area (Å²) in [5, 5.41) is 1.24. The Bertz CT molecular complexity index is 575. The van der Waals surface area contributed by atoms with Gasteiger partial charge in [-0.1, -0.05) is 24.3 Å². The van der Waals surface area contributed by atoms with E-state index in [9.17, 15) is 9.18 Å². The second-order valence-corrected chi connectivity index (χ2v) is 3.76. The minimum absolute atomic E-state index is 0.258. The first-order chi connectivity index (χ1) is 7.65. The summed E-state index contributed by atoms with van der Waals surface area (Å²) >= 11 is 5.19. The first-order valence-corrected chi connectivity index (χ1v) is 5.10. The van der Waals surface area contributed by atoms with Crippen molar-refractivity contribution in [1.29, 1.82) is 0 Å². The van der Waals surface area contributed by atoms with Crippen LogP contribution in [0.15, 0.2) is 42.5 Å². The van der Waals surface area contributed by atoms with Gasteiger partial charge in [-0.25, -0.2) is 4.39 Å². The molecule has 2 aromatic rings. The Labute approximate surface area is 97.1 Å². The zero-order valence-electron chi connectivity index (χ0n) is 8.28. The molecule has 1 nitrogen and oxygen atoms in total. The third-order valence-corrected chi connectivity index (χ3v) is 2.36. The molecular weight excluding hydrogens is 227 g/mol. The van der Waals surface area contributed by atoms with E-state index in [1.165, 1.54) is 18.2 Å². The Morgan fingerprint density at radius 1 is 1.12 bits per heavy atom. The number of carbonyl (C=O) groups is 1. The largest absolute Gasteiger partial charge is 0.276 e. The topological polar surface area (TPSA) is 17.1 Å². The number of halogens is 2. The molecule has 0 saturated heterocycles. The Morgan fingerprint density at radius 3 is 2.56 bits per heavy atom. The highest BCUT2D eigenvalue weighted by atomic mass is 35.5. The molecule has 0 fully saturated rings. The van der Waals surface area contributed by atoms with Crippen LogP contribution in [0.3, 0.4) is 0 Å². The molecule has 2 rings (SSSR count). The Hall–Kier alpha value is -1.67. The van der Waals surface area contributed by atoms with E-state index in [1.54, 1.807) is 24.3 Å². The van der Waals surface area contributed by atoms with Crippen LogP contribution >= 0.6 is 11.6 Å². The number of benzene rings is 2. The maximum atomic E-state index is 12.9. The van der Waals surface area contributed by atoms with Crippen molar-refractivity contribution in [3.63, 3.8) is 0 Å². The van der Waals surface area contributed by atoms with Crippen LogP contribution in [0, 0.1) is 5.82 Å². The maximum absolute atomic E-state index is 12.9. The minimum Gasteiger partial charge on any atom is -0.276 e. The fourth-order valence-corrected chi connectivity index (χ4v) is 1.56. The lowest BCUT2D eigenvalue weighted by molar-refractivity contribution is -0.107. The number of rotatable bonds is 2. The van der Waals surface area contributed by atoms with Gasteiger partial charge < -0.3 is 0 Å². The van der Waals surface area contributed by atoms with Gasteiger partial charge in [0.05, 0.1) is 0 Å². The van der Waals surface area contributed by atoms with Crippen LogP contribution < -0.4 is 0 Å². The number of carbonyl (C=O) groups excluding carboxylic acids is 1. The van der Waals surface area contributed by atoms with Gasteiger partial charge in [0.1, 0.15) is 5.82 Å². The van der Waals surface area contributed by atoms with E-state index in [1.807, 2.05) is 6.07 Å². The third kappa shape index (κ3) is 2.47. The molecule has 0 bridgehead atoms. The molecule has 0 aliphatic heterocycles. The molecule has 0 spiro atoms. The van der Waals surface area contributed by atoms with Crippen LogP contribution in [0.1, 0.15) is 5.56 Å². The van der Waals surface area contributed by atoms with Crippen molar-refractivity contribution in [3.05, 3.63) is 53.9 Å². The standard InChI is InChI=1S/C13H8ClFO/c14-13(16)6-2-9-1-3-11-8-12(15)5-4-10(11)7-9/h1-8H. The van der Waals surface area contributed by atoms with Crippen molar-refractivity contribution in [2.24, 2.45) is 0 Å². The van der Waals surface area contributed by atoms with Crippen LogP contribution in [0.5, 0.6) is 0 Å². The van der Waals surface area contributed by atoms with Crippen molar-refractivity contribution < 1.29 is 9.18 Å². The summed E-state index contributed by atoms with van der Waals surface area (Å²) in [4.78, 5) is 10.6. The van der Waals surface area contributed by atoms with E-state index >= 15 is 0 Å². The molecule has 0 aliphatic carbocycles. The van der Waals surface area contributed by atoms with Crippen molar-refractivity contribution in [1.82, 2.24) is 0 Å². The van der Waals surface area contributed by atoms with Gasteiger partial charge in [0.15, 0.2) is 0 Å².